The quantitative estimate of drug-likeness (QED) is 0.680. The molecule has 0 unspecified atom stereocenters. The molecule has 0 aliphatic carbocycles. The topological polar surface area (TPSA) is 60.7 Å². The van der Waals surface area contributed by atoms with Crippen LogP contribution in [-0.2, 0) is 6.54 Å². The van der Waals surface area contributed by atoms with Crippen LogP contribution in [0.15, 0.2) is 46.3 Å². The zero-order valence-corrected chi connectivity index (χ0v) is 12.6. The van der Waals surface area contributed by atoms with Crippen molar-refractivity contribution < 1.29 is 4.79 Å². The Bertz CT molecular complexity index is 721. The van der Waals surface area contributed by atoms with Gasteiger partial charge in [0.05, 0.1) is 4.88 Å². The molecule has 0 bridgehead atoms. The third-order valence-corrected chi connectivity index (χ3v) is 4.04. The molecule has 0 aliphatic heterocycles. The van der Waals surface area contributed by atoms with Gasteiger partial charge >= 0.3 is 0 Å². The number of Topliss-reactive ketones (excluding diaryl/α,β-unsaturated/α-hetero) is 1. The zero-order valence-electron chi connectivity index (χ0n) is 10.2. The third-order valence-electron chi connectivity index (χ3n) is 2.65. The monoisotopic (exact) mass is 348 g/mol. The molecule has 0 fully saturated rings. The van der Waals surface area contributed by atoms with Crippen LogP contribution in [0.3, 0.4) is 0 Å². The number of nitrogens with zero attached hydrogens (tertiary/aromatic N) is 4. The van der Waals surface area contributed by atoms with Gasteiger partial charge in [-0.15, -0.1) is 21.5 Å². The van der Waals surface area contributed by atoms with Gasteiger partial charge in [0.25, 0.3) is 0 Å². The number of hydrogen-bond acceptors (Lipinski definition) is 5. The molecule has 2 heterocycles. The fourth-order valence-corrected chi connectivity index (χ4v) is 2.58. The Morgan fingerprint density at radius 1 is 1.25 bits per heavy atom. The molecular formula is C13H9BrN4OS. The minimum Gasteiger partial charge on any atom is -0.292 e. The summed E-state index contributed by atoms with van der Waals surface area (Å²) in [6, 6.07) is 11.0. The second-order valence-corrected chi connectivity index (χ2v) is 5.91. The van der Waals surface area contributed by atoms with Gasteiger partial charge in [-0.1, -0.05) is 34.1 Å². The summed E-state index contributed by atoms with van der Waals surface area (Å²) in [6.45, 7) is 0.0833. The molecule has 0 atom stereocenters. The Labute approximate surface area is 127 Å². The van der Waals surface area contributed by atoms with Gasteiger partial charge in [0, 0.05) is 10.0 Å². The minimum atomic E-state index is -0.0485. The highest BCUT2D eigenvalue weighted by Gasteiger charge is 2.11. The molecule has 0 N–H and O–H groups in total. The summed E-state index contributed by atoms with van der Waals surface area (Å²) in [7, 11) is 0. The fraction of sp³-hybridized carbons (Fsp3) is 0.0769. The van der Waals surface area contributed by atoms with E-state index >= 15 is 0 Å². The van der Waals surface area contributed by atoms with E-state index in [2.05, 4.69) is 31.3 Å². The van der Waals surface area contributed by atoms with Crippen LogP contribution in [0.25, 0.3) is 10.7 Å². The van der Waals surface area contributed by atoms with Crippen LogP contribution in [0.5, 0.6) is 0 Å². The van der Waals surface area contributed by atoms with Gasteiger partial charge in [0.15, 0.2) is 5.78 Å². The second-order valence-electron chi connectivity index (χ2n) is 4.05. The van der Waals surface area contributed by atoms with E-state index in [1.54, 1.807) is 12.1 Å². The van der Waals surface area contributed by atoms with Crippen LogP contribution in [-0.4, -0.2) is 26.0 Å². The van der Waals surface area contributed by atoms with E-state index in [4.69, 9.17) is 0 Å². The largest absolute Gasteiger partial charge is 0.292 e. The van der Waals surface area contributed by atoms with E-state index in [-0.39, 0.29) is 12.3 Å². The summed E-state index contributed by atoms with van der Waals surface area (Å²) >= 11 is 4.87. The number of carbonyl (C=O) groups excluding carboxylic acids is 1. The van der Waals surface area contributed by atoms with Crippen LogP contribution in [0, 0.1) is 0 Å². The lowest BCUT2D eigenvalue weighted by molar-refractivity contribution is 0.0961. The van der Waals surface area contributed by atoms with Crippen LogP contribution in [0.1, 0.15) is 10.4 Å². The first kappa shape index (κ1) is 13.1. The van der Waals surface area contributed by atoms with Gasteiger partial charge in [-0.25, -0.2) is 0 Å². The lowest BCUT2D eigenvalue weighted by atomic mass is 10.1. The van der Waals surface area contributed by atoms with Gasteiger partial charge in [-0.3, -0.25) is 4.79 Å². The number of halogens is 1. The highest BCUT2D eigenvalue weighted by molar-refractivity contribution is 9.10. The van der Waals surface area contributed by atoms with Crippen LogP contribution in [0.2, 0.25) is 0 Å². The lowest BCUT2D eigenvalue weighted by Crippen LogP contribution is -2.13. The van der Waals surface area contributed by atoms with Crippen LogP contribution < -0.4 is 0 Å². The summed E-state index contributed by atoms with van der Waals surface area (Å²) in [5.74, 6) is 0.497. The number of thiophene rings is 1. The van der Waals surface area contributed by atoms with Gasteiger partial charge < -0.3 is 0 Å². The molecule has 5 nitrogen and oxygen atoms in total. The van der Waals surface area contributed by atoms with Crippen LogP contribution in [0.4, 0.5) is 0 Å². The Morgan fingerprint density at radius 2 is 2.05 bits per heavy atom. The first-order chi connectivity index (χ1) is 9.72. The van der Waals surface area contributed by atoms with Crippen LogP contribution >= 0.6 is 27.3 Å². The molecule has 3 aromatic rings. The van der Waals surface area contributed by atoms with Crippen molar-refractivity contribution in [3.8, 4) is 10.7 Å². The predicted octanol–water partition coefficient (Wildman–Crippen LogP) is 3.05. The van der Waals surface area contributed by atoms with Gasteiger partial charge in [-0.05, 0) is 28.8 Å². The molecule has 100 valence electrons. The first-order valence-corrected chi connectivity index (χ1v) is 7.50. The van der Waals surface area contributed by atoms with E-state index < -0.39 is 0 Å². The van der Waals surface area contributed by atoms with Crippen molar-refractivity contribution in [2.45, 2.75) is 6.54 Å². The maximum atomic E-state index is 12.1. The smallest absolute Gasteiger partial charge is 0.214 e. The Balaban J connectivity index is 1.75. The molecule has 0 amide bonds. The minimum absolute atomic E-state index is 0.0485. The van der Waals surface area contributed by atoms with Crippen molar-refractivity contribution in [2.75, 3.05) is 0 Å². The molecule has 2 aromatic heterocycles. The SMILES string of the molecule is O=C(Cn1nnc(-c2cccs2)n1)c1ccc(Br)cc1. The number of rotatable bonds is 4. The van der Waals surface area contributed by atoms with E-state index in [0.717, 1.165) is 9.35 Å². The number of benzene rings is 1. The van der Waals surface area contributed by atoms with Crippen molar-refractivity contribution in [3.05, 3.63) is 51.8 Å². The van der Waals surface area contributed by atoms with E-state index in [9.17, 15) is 4.79 Å². The Kier molecular flexibility index (Phi) is 3.70. The first-order valence-electron chi connectivity index (χ1n) is 5.83. The molecular weight excluding hydrogens is 340 g/mol. The van der Waals surface area contributed by atoms with Crippen molar-refractivity contribution in [3.63, 3.8) is 0 Å². The molecule has 20 heavy (non-hydrogen) atoms. The summed E-state index contributed by atoms with van der Waals surface area (Å²) in [5, 5.41) is 14.0. The fourth-order valence-electron chi connectivity index (χ4n) is 1.67. The van der Waals surface area contributed by atoms with E-state index in [1.165, 1.54) is 16.1 Å². The number of tetrazole rings is 1. The number of ketones is 1. The summed E-state index contributed by atoms with van der Waals surface area (Å²) in [6.07, 6.45) is 0. The highest BCUT2D eigenvalue weighted by Crippen LogP contribution is 2.19. The third kappa shape index (κ3) is 2.83. The van der Waals surface area contributed by atoms with Gasteiger partial charge in [-0.2, -0.15) is 4.80 Å². The van der Waals surface area contributed by atoms with Crippen molar-refractivity contribution in [1.29, 1.82) is 0 Å². The molecule has 0 saturated carbocycles. The maximum absolute atomic E-state index is 12.1. The number of aromatic nitrogens is 4. The highest BCUT2D eigenvalue weighted by atomic mass is 79.9. The average Bonchev–Trinajstić information content (AvgIpc) is 3.09. The predicted molar refractivity (Wildman–Crippen MR) is 79.6 cm³/mol. The van der Waals surface area contributed by atoms with Crippen molar-refractivity contribution in [2.24, 2.45) is 0 Å². The Hall–Kier alpha value is -1.86. The molecule has 0 radical (unpaired) electrons. The van der Waals surface area contributed by atoms with Crippen molar-refractivity contribution >= 4 is 33.0 Å². The molecule has 3 rings (SSSR count). The Morgan fingerprint density at radius 3 is 2.75 bits per heavy atom. The molecule has 1 aromatic carbocycles. The van der Waals surface area contributed by atoms with Gasteiger partial charge in [0.2, 0.25) is 5.82 Å². The van der Waals surface area contributed by atoms with E-state index in [0.29, 0.717) is 11.4 Å². The maximum Gasteiger partial charge on any atom is 0.214 e. The normalized spacial score (nSPS) is 10.7. The van der Waals surface area contributed by atoms with Crippen molar-refractivity contribution in [1.82, 2.24) is 20.2 Å². The summed E-state index contributed by atoms with van der Waals surface area (Å²) in [5.41, 5.74) is 0.628. The second kappa shape index (κ2) is 5.64. The number of carbonyl (C=O) groups is 1. The molecule has 0 aliphatic rings. The molecule has 7 heteroatoms. The molecule has 0 saturated heterocycles. The lowest BCUT2D eigenvalue weighted by Gasteiger charge is -1.99. The standard InChI is InChI=1S/C13H9BrN4OS/c14-10-5-3-9(4-6-10)11(19)8-18-16-13(15-17-18)12-2-1-7-20-12/h1-7H,8H2. The summed E-state index contributed by atoms with van der Waals surface area (Å²) in [4.78, 5) is 14.3. The van der Waals surface area contributed by atoms with E-state index in [1.807, 2.05) is 29.6 Å². The zero-order chi connectivity index (χ0) is 13.9. The average molecular weight is 349 g/mol. The molecule has 0 spiro atoms. The van der Waals surface area contributed by atoms with Gasteiger partial charge in [0.1, 0.15) is 6.54 Å². The number of hydrogen-bond donors (Lipinski definition) is 0. The summed E-state index contributed by atoms with van der Waals surface area (Å²) < 4.78 is 0.938.